The van der Waals surface area contributed by atoms with Crippen LogP contribution in [0.15, 0.2) is 79.0 Å². The van der Waals surface area contributed by atoms with Gasteiger partial charge in [0.15, 0.2) is 0 Å². The number of hydrogen-bond acceptors (Lipinski definition) is 7. The number of carbonyl (C=O) groups excluding carboxylic acids is 2. The van der Waals surface area contributed by atoms with Gasteiger partial charge in [-0.1, -0.05) is 18.2 Å². The first-order chi connectivity index (χ1) is 17.6. The number of aromatic nitrogens is 2. The molecule has 0 radical (unpaired) electrons. The molecule has 0 bridgehead atoms. The molecule has 1 amide bonds. The number of amides is 1. The summed E-state index contributed by atoms with van der Waals surface area (Å²) in [5.74, 6) is -0.186. The summed E-state index contributed by atoms with van der Waals surface area (Å²) in [6, 6.07) is 23.8. The minimum Gasteiger partial charge on any atom is -0.466 e. The van der Waals surface area contributed by atoms with E-state index >= 15 is 0 Å². The number of carbonyl (C=O) groups is 2. The molecule has 0 aliphatic heterocycles. The van der Waals surface area contributed by atoms with Crippen molar-refractivity contribution in [2.24, 2.45) is 0 Å². The van der Waals surface area contributed by atoms with Crippen molar-refractivity contribution in [1.29, 1.82) is 5.26 Å². The fraction of sp³-hybridized carbons (Fsp3) is 0.179. The molecule has 0 spiro atoms. The summed E-state index contributed by atoms with van der Waals surface area (Å²) >= 11 is 0. The van der Waals surface area contributed by atoms with Crippen LogP contribution in [0.25, 0.3) is 10.9 Å². The summed E-state index contributed by atoms with van der Waals surface area (Å²) < 4.78 is 5.02. The van der Waals surface area contributed by atoms with E-state index in [4.69, 9.17) is 15.0 Å². The number of benzene rings is 2. The van der Waals surface area contributed by atoms with Crippen molar-refractivity contribution in [3.63, 3.8) is 0 Å². The third-order valence-electron chi connectivity index (χ3n) is 5.50. The van der Waals surface area contributed by atoms with Crippen LogP contribution in [0.3, 0.4) is 0 Å². The quantitative estimate of drug-likeness (QED) is 0.346. The number of ether oxygens (including phenoxy) is 1. The highest BCUT2D eigenvalue weighted by atomic mass is 16.5. The molecule has 0 atom stereocenters. The largest absolute Gasteiger partial charge is 0.466 e. The van der Waals surface area contributed by atoms with Crippen molar-refractivity contribution < 1.29 is 14.3 Å². The molecular formula is C28H25N5O3. The number of nitriles is 1. The number of fused-ring (bicyclic) bond motifs is 1. The fourth-order valence-corrected chi connectivity index (χ4v) is 3.67. The van der Waals surface area contributed by atoms with Crippen LogP contribution in [-0.4, -0.2) is 35.0 Å². The summed E-state index contributed by atoms with van der Waals surface area (Å²) in [7, 11) is 0. The van der Waals surface area contributed by atoms with Gasteiger partial charge in [-0.2, -0.15) is 5.26 Å². The molecule has 2 aromatic heterocycles. The molecule has 0 unspecified atom stereocenters. The maximum Gasteiger partial charge on any atom is 0.307 e. The summed E-state index contributed by atoms with van der Waals surface area (Å²) in [4.78, 5) is 35.9. The fourth-order valence-electron chi connectivity index (χ4n) is 3.67. The zero-order chi connectivity index (χ0) is 25.3. The maximum atomic E-state index is 13.5. The molecular weight excluding hydrogens is 454 g/mol. The van der Waals surface area contributed by atoms with E-state index in [1.165, 1.54) is 4.90 Å². The summed E-state index contributed by atoms with van der Waals surface area (Å²) in [6.45, 7) is 2.67. The molecule has 0 saturated heterocycles. The lowest BCUT2D eigenvalue weighted by Crippen LogP contribution is -2.34. The van der Waals surface area contributed by atoms with E-state index in [-0.39, 0.29) is 31.4 Å². The monoisotopic (exact) mass is 479 g/mol. The highest BCUT2D eigenvalue weighted by molar-refractivity contribution is 6.07. The lowest BCUT2D eigenvalue weighted by atomic mass is 10.1. The van der Waals surface area contributed by atoms with Gasteiger partial charge in [0.1, 0.15) is 5.82 Å². The van der Waals surface area contributed by atoms with E-state index in [1.807, 2.05) is 30.3 Å². The third kappa shape index (κ3) is 6.02. The standard InChI is InChI=1S/C28H25N5O3/c1-2-36-27(34)14-16-33(26-5-3-4-15-30-26)28(35)22-9-8-21-10-13-24(32-25(21)17-22)19-31-23-11-6-20(18-29)7-12-23/h3-13,15,17,31H,2,14,16,19H2,1H3. The van der Waals surface area contributed by atoms with Crippen molar-refractivity contribution in [3.05, 3.63) is 95.8 Å². The van der Waals surface area contributed by atoms with Gasteiger partial charge in [0.25, 0.3) is 5.91 Å². The Hall–Kier alpha value is -4.77. The molecule has 0 aliphatic carbocycles. The number of hydrogen-bond donors (Lipinski definition) is 1. The first kappa shape index (κ1) is 24.4. The lowest BCUT2D eigenvalue weighted by Gasteiger charge is -2.21. The van der Waals surface area contributed by atoms with Gasteiger partial charge in [0, 0.05) is 29.4 Å². The Balaban J connectivity index is 1.54. The molecule has 0 aliphatic rings. The smallest absolute Gasteiger partial charge is 0.307 e. The van der Waals surface area contributed by atoms with Crippen LogP contribution >= 0.6 is 0 Å². The zero-order valence-electron chi connectivity index (χ0n) is 19.8. The Morgan fingerprint density at radius 2 is 1.86 bits per heavy atom. The average molecular weight is 480 g/mol. The van der Waals surface area contributed by atoms with E-state index < -0.39 is 0 Å². The van der Waals surface area contributed by atoms with Crippen molar-refractivity contribution in [3.8, 4) is 6.07 Å². The zero-order valence-corrected chi connectivity index (χ0v) is 19.8. The van der Waals surface area contributed by atoms with Crippen LogP contribution in [0.2, 0.25) is 0 Å². The number of pyridine rings is 2. The molecule has 2 heterocycles. The van der Waals surface area contributed by atoms with Crippen LogP contribution in [0.4, 0.5) is 11.5 Å². The summed E-state index contributed by atoms with van der Waals surface area (Å²) in [6.07, 6.45) is 1.67. The topological polar surface area (TPSA) is 108 Å². The average Bonchev–Trinajstić information content (AvgIpc) is 2.92. The molecule has 0 fully saturated rings. The van der Waals surface area contributed by atoms with Crippen molar-refractivity contribution >= 4 is 34.3 Å². The Labute approximate surface area is 209 Å². The van der Waals surface area contributed by atoms with Crippen molar-refractivity contribution in [2.75, 3.05) is 23.4 Å². The van der Waals surface area contributed by atoms with Gasteiger partial charge in [0.05, 0.1) is 42.4 Å². The maximum absolute atomic E-state index is 13.5. The van der Waals surface area contributed by atoms with Gasteiger partial charge in [-0.25, -0.2) is 4.98 Å². The highest BCUT2D eigenvalue weighted by Gasteiger charge is 2.20. The molecule has 4 rings (SSSR count). The SMILES string of the molecule is CCOC(=O)CCN(C(=O)c1ccc2ccc(CNc3ccc(C#N)cc3)nc2c1)c1ccccn1. The second kappa shape index (κ2) is 11.6. The second-order valence-corrected chi connectivity index (χ2v) is 7.95. The molecule has 2 aromatic carbocycles. The number of rotatable bonds is 9. The minimum atomic E-state index is -0.370. The highest BCUT2D eigenvalue weighted by Crippen LogP contribution is 2.20. The van der Waals surface area contributed by atoms with Crippen LogP contribution in [-0.2, 0) is 16.1 Å². The van der Waals surface area contributed by atoms with Crippen LogP contribution < -0.4 is 10.2 Å². The molecule has 8 nitrogen and oxygen atoms in total. The molecule has 1 N–H and O–H groups in total. The molecule has 8 heteroatoms. The Kier molecular flexibility index (Phi) is 7.83. The lowest BCUT2D eigenvalue weighted by molar-refractivity contribution is -0.142. The molecule has 180 valence electrons. The predicted octanol–water partition coefficient (Wildman–Crippen LogP) is 4.71. The van der Waals surface area contributed by atoms with Gasteiger partial charge >= 0.3 is 5.97 Å². The Morgan fingerprint density at radius 3 is 2.58 bits per heavy atom. The predicted molar refractivity (Wildman–Crippen MR) is 137 cm³/mol. The first-order valence-electron chi connectivity index (χ1n) is 11.6. The number of nitrogens with zero attached hydrogens (tertiary/aromatic N) is 4. The van der Waals surface area contributed by atoms with Gasteiger partial charge in [-0.3, -0.25) is 19.5 Å². The second-order valence-electron chi connectivity index (χ2n) is 7.95. The molecule has 36 heavy (non-hydrogen) atoms. The van der Waals surface area contributed by atoms with E-state index in [1.54, 1.807) is 55.6 Å². The van der Waals surface area contributed by atoms with Crippen molar-refractivity contribution in [1.82, 2.24) is 9.97 Å². The van der Waals surface area contributed by atoms with Crippen molar-refractivity contribution in [2.45, 2.75) is 19.9 Å². The molecule has 0 saturated carbocycles. The van der Waals surface area contributed by atoms with Gasteiger partial charge in [-0.05, 0) is 61.5 Å². The van der Waals surface area contributed by atoms with Gasteiger partial charge < -0.3 is 10.1 Å². The van der Waals surface area contributed by atoms with Crippen LogP contribution in [0.5, 0.6) is 0 Å². The first-order valence-corrected chi connectivity index (χ1v) is 11.6. The van der Waals surface area contributed by atoms with Gasteiger partial charge in [0.2, 0.25) is 0 Å². The van der Waals surface area contributed by atoms with E-state index in [9.17, 15) is 9.59 Å². The Bertz CT molecular complexity index is 1400. The van der Waals surface area contributed by atoms with E-state index in [0.717, 1.165) is 16.8 Å². The van der Waals surface area contributed by atoms with E-state index in [0.29, 0.717) is 29.0 Å². The van der Waals surface area contributed by atoms with Gasteiger partial charge in [-0.15, -0.1) is 0 Å². The summed E-state index contributed by atoms with van der Waals surface area (Å²) in [5.41, 5.74) is 3.42. The van der Waals surface area contributed by atoms with Crippen LogP contribution in [0, 0.1) is 11.3 Å². The van der Waals surface area contributed by atoms with Crippen LogP contribution in [0.1, 0.15) is 35.0 Å². The normalized spacial score (nSPS) is 10.4. The minimum absolute atomic E-state index is 0.0626. The number of anilines is 2. The Morgan fingerprint density at radius 1 is 1.06 bits per heavy atom. The molecule has 4 aromatic rings. The number of nitrogens with one attached hydrogen (secondary N) is 1. The summed E-state index contributed by atoms with van der Waals surface area (Å²) in [5, 5.41) is 13.1. The number of esters is 1. The van der Waals surface area contributed by atoms with E-state index in [2.05, 4.69) is 16.4 Å². The third-order valence-corrected chi connectivity index (χ3v) is 5.50.